The van der Waals surface area contributed by atoms with E-state index in [9.17, 15) is 0 Å². The maximum absolute atomic E-state index is 5.14. The summed E-state index contributed by atoms with van der Waals surface area (Å²) in [6.45, 7) is 3.92. The molecule has 0 saturated heterocycles. The first-order valence-electron chi connectivity index (χ1n) is 2.95. The van der Waals surface area contributed by atoms with Crippen LogP contribution in [0.4, 0.5) is 0 Å². The predicted molar refractivity (Wildman–Crippen MR) is 32.6 cm³/mol. The SMILES string of the molecule is CCCCC[CH-]N.[Pt]. The second kappa shape index (κ2) is 10.6. The summed E-state index contributed by atoms with van der Waals surface area (Å²) in [4.78, 5) is 0. The first kappa shape index (κ1) is 11.4. The van der Waals surface area contributed by atoms with Crippen LogP contribution in [0.2, 0.25) is 0 Å². The Morgan fingerprint density at radius 2 is 2.00 bits per heavy atom. The van der Waals surface area contributed by atoms with Crippen LogP contribution in [0.3, 0.4) is 0 Å². The monoisotopic (exact) mass is 295 g/mol. The number of hydrogen-bond acceptors (Lipinski definition) is 1. The van der Waals surface area contributed by atoms with Crippen LogP contribution in [0.5, 0.6) is 0 Å². The summed E-state index contributed by atoms with van der Waals surface area (Å²) in [6.07, 6.45) is 4.93. The van der Waals surface area contributed by atoms with E-state index in [2.05, 4.69) is 6.92 Å². The molecule has 0 heterocycles. The second-order valence-electron chi connectivity index (χ2n) is 1.73. The molecule has 0 unspecified atom stereocenters. The molecule has 0 radical (unpaired) electrons. The quantitative estimate of drug-likeness (QED) is 0.620. The molecule has 0 aromatic rings. The standard InChI is InChI=1S/C6H14N.Pt/c1-2-3-4-5-6-7;/h6H,2-5,7H2,1H3;/q-1;. The van der Waals surface area contributed by atoms with Gasteiger partial charge in [0.1, 0.15) is 0 Å². The maximum atomic E-state index is 5.14. The molecule has 0 fully saturated rings. The fourth-order valence-electron chi connectivity index (χ4n) is 0.512. The van der Waals surface area contributed by atoms with Crippen molar-refractivity contribution in [2.75, 3.05) is 0 Å². The molecule has 0 aliphatic heterocycles. The van der Waals surface area contributed by atoms with Gasteiger partial charge in [-0.25, -0.2) is 0 Å². The third-order valence-corrected chi connectivity index (χ3v) is 0.974. The van der Waals surface area contributed by atoms with E-state index in [1.165, 1.54) is 19.3 Å². The molecule has 0 aliphatic carbocycles. The minimum atomic E-state index is 0. The second-order valence-corrected chi connectivity index (χ2v) is 1.73. The Kier molecular flexibility index (Phi) is 15.2. The molecular formula is C6H14NPt-. The van der Waals surface area contributed by atoms with E-state index in [4.69, 9.17) is 5.73 Å². The van der Waals surface area contributed by atoms with Crippen LogP contribution < -0.4 is 5.73 Å². The minimum absolute atomic E-state index is 0. The van der Waals surface area contributed by atoms with Crippen molar-refractivity contribution in [1.29, 1.82) is 0 Å². The van der Waals surface area contributed by atoms with Crippen LogP contribution in [0, 0.1) is 6.54 Å². The molecule has 0 rings (SSSR count). The van der Waals surface area contributed by atoms with Crippen LogP contribution >= 0.6 is 0 Å². The van der Waals surface area contributed by atoms with Crippen LogP contribution in [0.15, 0.2) is 0 Å². The maximum Gasteiger partial charge on any atom is 0 e. The Bertz CT molecular complexity index is 27.7. The smallest absolute Gasteiger partial charge is 0 e. The third kappa shape index (κ3) is 9.82. The van der Waals surface area contributed by atoms with Gasteiger partial charge in [-0.15, -0.1) is 0 Å². The minimum Gasteiger partial charge on any atom is -0.483 e. The molecule has 0 saturated carbocycles. The molecule has 1 nitrogen and oxygen atoms in total. The summed E-state index contributed by atoms with van der Waals surface area (Å²) in [5, 5.41) is 0. The van der Waals surface area contributed by atoms with Gasteiger partial charge in [-0.05, 0) is 0 Å². The summed E-state index contributed by atoms with van der Waals surface area (Å²) in [7, 11) is 0. The molecular weight excluding hydrogens is 281 g/mol. The van der Waals surface area contributed by atoms with Gasteiger partial charge >= 0.3 is 0 Å². The van der Waals surface area contributed by atoms with Crippen molar-refractivity contribution in [3.8, 4) is 0 Å². The molecule has 0 amide bonds. The summed E-state index contributed by atoms with van der Waals surface area (Å²) in [5.74, 6) is 0. The number of nitrogens with two attached hydrogens (primary N) is 1. The molecule has 2 heteroatoms. The number of rotatable bonds is 4. The van der Waals surface area contributed by atoms with E-state index in [0.717, 1.165) is 6.42 Å². The fraction of sp³-hybridized carbons (Fsp3) is 0.833. The van der Waals surface area contributed by atoms with Crippen LogP contribution in [-0.4, -0.2) is 0 Å². The fourth-order valence-corrected chi connectivity index (χ4v) is 0.512. The third-order valence-electron chi connectivity index (χ3n) is 0.974. The Morgan fingerprint density at radius 3 is 2.38 bits per heavy atom. The Labute approximate surface area is 66.3 Å². The van der Waals surface area contributed by atoms with Crippen molar-refractivity contribution in [1.82, 2.24) is 0 Å². The van der Waals surface area contributed by atoms with Crippen LogP contribution in [0.25, 0.3) is 0 Å². The van der Waals surface area contributed by atoms with Gasteiger partial charge in [-0.1, -0.05) is 26.2 Å². The molecule has 54 valence electrons. The first-order valence-corrected chi connectivity index (χ1v) is 2.95. The van der Waals surface area contributed by atoms with Crippen molar-refractivity contribution in [3.63, 3.8) is 0 Å². The van der Waals surface area contributed by atoms with E-state index in [-0.39, 0.29) is 21.1 Å². The predicted octanol–water partition coefficient (Wildman–Crippen LogP) is 1.68. The average Bonchev–Trinajstić information content (AvgIpc) is 1.69. The van der Waals surface area contributed by atoms with Gasteiger partial charge in [0.05, 0.1) is 0 Å². The summed E-state index contributed by atoms with van der Waals surface area (Å²) < 4.78 is 0. The van der Waals surface area contributed by atoms with Crippen molar-refractivity contribution in [2.24, 2.45) is 5.73 Å². The van der Waals surface area contributed by atoms with Crippen molar-refractivity contribution in [3.05, 3.63) is 6.54 Å². The molecule has 0 aliphatic rings. The molecule has 0 aromatic carbocycles. The largest absolute Gasteiger partial charge is 0.483 e. The van der Waals surface area contributed by atoms with E-state index in [0.29, 0.717) is 0 Å². The molecule has 0 aromatic heterocycles. The van der Waals surface area contributed by atoms with Crippen molar-refractivity contribution >= 4 is 0 Å². The van der Waals surface area contributed by atoms with Gasteiger partial charge in [0.15, 0.2) is 0 Å². The summed E-state index contributed by atoms with van der Waals surface area (Å²) in [5.41, 5.74) is 5.14. The first-order chi connectivity index (χ1) is 3.41. The van der Waals surface area contributed by atoms with Gasteiger partial charge in [-0.3, -0.25) is 6.54 Å². The normalized spacial score (nSPS) is 8.25. The van der Waals surface area contributed by atoms with Gasteiger partial charge < -0.3 is 5.73 Å². The average molecular weight is 295 g/mol. The topological polar surface area (TPSA) is 26.0 Å². The molecule has 8 heavy (non-hydrogen) atoms. The zero-order chi connectivity index (χ0) is 5.54. The summed E-state index contributed by atoms with van der Waals surface area (Å²) >= 11 is 0. The van der Waals surface area contributed by atoms with E-state index in [1.54, 1.807) is 6.54 Å². The zero-order valence-electron chi connectivity index (χ0n) is 5.30. The van der Waals surface area contributed by atoms with Gasteiger partial charge in [-0.2, -0.15) is 6.42 Å². The van der Waals surface area contributed by atoms with Gasteiger partial charge in [0, 0.05) is 21.1 Å². The van der Waals surface area contributed by atoms with Crippen LogP contribution in [0.1, 0.15) is 32.6 Å². The molecule has 0 bridgehead atoms. The molecule has 0 spiro atoms. The molecule has 0 atom stereocenters. The van der Waals surface area contributed by atoms with Crippen LogP contribution in [-0.2, 0) is 21.1 Å². The molecule has 2 N–H and O–H groups in total. The Hall–Kier alpha value is 0.648. The van der Waals surface area contributed by atoms with E-state index >= 15 is 0 Å². The van der Waals surface area contributed by atoms with E-state index < -0.39 is 0 Å². The Morgan fingerprint density at radius 1 is 1.38 bits per heavy atom. The Balaban J connectivity index is 0. The van der Waals surface area contributed by atoms with E-state index in [1.807, 2.05) is 0 Å². The number of hydrogen-bond donors (Lipinski definition) is 1. The zero-order valence-corrected chi connectivity index (χ0v) is 7.57. The van der Waals surface area contributed by atoms with Gasteiger partial charge in [0.25, 0.3) is 0 Å². The number of unbranched alkanes of at least 4 members (excludes halogenated alkanes) is 3. The summed E-state index contributed by atoms with van der Waals surface area (Å²) in [6, 6.07) is 0. The van der Waals surface area contributed by atoms with Crippen molar-refractivity contribution < 1.29 is 21.1 Å². The van der Waals surface area contributed by atoms with Gasteiger partial charge in [0.2, 0.25) is 0 Å². The van der Waals surface area contributed by atoms with Crippen molar-refractivity contribution in [2.45, 2.75) is 32.6 Å².